The Bertz CT molecular complexity index is 1200. The van der Waals surface area contributed by atoms with E-state index in [0.717, 1.165) is 9.38 Å². The smallest absolute Gasteiger partial charge is 0.335 e. The number of rotatable bonds is 2. The second-order valence-electron chi connectivity index (χ2n) is 5.11. The zero-order valence-electron chi connectivity index (χ0n) is 12.0. The maximum absolute atomic E-state index is 12.7. The number of carboxylic acid groups (broad SMARTS) is 1. The summed E-state index contributed by atoms with van der Waals surface area (Å²) in [7, 11) is 0. The van der Waals surface area contributed by atoms with E-state index in [1.54, 1.807) is 0 Å². The maximum atomic E-state index is 12.7. The van der Waals surface area contributed by atoms with E-state index in [0.29, 0.717) is 10.6 Å². The highest BCUT2D eigenvalue weighted by molar-refractivity contribution is 7.20. The highest BCUT2D eigenvalue weighted by Gasteiger charge is 2.14. The van der Waals surface area contributed by atoms with Gasteiger partial charge in [-0.05, 0) is 30.3 Å². The average molecular weight is 339 g/mol. The Morgan fingerprint density at radius 2 is 1.92 bits per heavy atom. The van der Waals surface area contributed by atoms with Crippen LogP contribution in [0.2, 0.25) is 0 Å². The number of aromatic nitrogens is 3. The Morgan fingerprint density at radius 1 is 1.12 bits per heavy atom. The van der Waals surface area contributed by atoms with Crippen molar-refractivity contribution in [1.29, 1.82) is 0 Å². The lowest BCUT2D eigenvalue weighted by Crippen LogP contribution is -2.28. The van der Waals surface area contributed by atoms with Crippen LogP contribution in [0.3, 0.4) is 0 Å². The Kier molecular flexibility index (Phi) is 3.07. The molecule has 4 rings (SSSR count). The van der Waals surface area contributed by atoms with Gasteiger partial charge in [-0.25, -0.2) is 9.78 Å². The fourth-order valence-electron chi connectivity index (χ4n) is 2.48. The van der Waals surface area contributed by atoms with Crippen LogP contribution in [-0.2, 0) is 0 Å². The van der Waals surface area contributed by atoms with Crippen LogP contribution in [0.25, 0.3) is 26.1 Å². The number of hydrogen-bond donors (Lipinski definition) is 2. The molecule has 7 nitrogen and oxygen atoms in total. The molecular weight excluding hydrogens is 330 g/mol. The van der Waals surface area contributed by atoms with Crippen LogP contribution in [0, 0.1) is 0 Å². The number of thiazole rings is 1. The summed E-state index contributed by atoms with van der Waals surface area (Å²) in [4.78, 5) is 40.4. The predicted molar refractivity (Wildman–Crippen MR) is 90.3 cm³/mol. The molecule has 0 aliphatic carbocycles. The molecule has 2 aromatic heterocycles. The first-order valence-corrected chi connectivity index (χ1v) is 7.74. The lowest BCUT2D eigenvalue weighted by atomic mass is 10.1. The number of fused-ring (bicyclic) bond motifs is 2. The molecule has 0 spiro atoms. The molecule has 118 valence electrons. The fourth-order valence-corrected chi connectivity index (χ4v) is 3.40. The number of aromatic amines is 1. The number of hydrogen-bond acceptors (Lipinski definition) is 5. The zero-order chi connectivity index (χ0) is 16.8. The molecule has 24 heavy (non-hydrogen) atoms. The van der Waals surface area contributed by atoms with Gasteiger partial charge in [0, 0.05) is 0 Å². The van der Waals surface area contributed by atoms with E-state index in [-0.39, 0.29) is 16.3 Å². The molecule has 0 radical (unpaired) electrons. The number of H-pyrrole nitrogens is 1. The van der Waals surface area contributed by atoms with Gasteiger partial charge in [-0.2, -0.15) is 4.68 Å². The lowest BCUT2D eigenvalue weighted by Gasteiger charge is -2.04. The van der Waals surface area contributed by atoms with Gasteiger partial charge in [0.15, 0.2) is 0 Å². The van der Waals surface area contributed by atoms with Crippen LogP contribution in [0.4, 0.5) is 0 Å². The van der Waals surface area contributed by atoms with E-state index in [2.05, 4.69) is 10.1 Å². The van der Waals surface area contributed by atoms with E-state index in [1.807, 2.05) is 24.3 Å². The SMILES string of the molecule is O=C(O)c1ccc2c(=O)[nH]n(-c3nc4ccccc4s3)c(=O)c2c1. The van der Waals surface area contributed by atoms with Crippen molar-refractivity contribution >= 4 is 38.3 Å². The second-order valence-corrected chi connectivity index (χ2v) is 6.12. The van der Waals surface area contributed by atoms with Gasteiger partial charge in [-0.1, -0.05) is 23.5 Å². The number of carboxylic acids is 1. The molecular formula is C16H9N3O4S. The van der Waals surface area contributed by atoms with Crippen molar-refractivity contribution in [1.82, 2.24) is 14.8 Å². The number of carbonyl (C=O) groups is 1. The molecule has 0 unspecified atom stereocenters. The van der Waals surface area contributed by atoms with Crippen LogP contribution in [0.15, 0.2) is 52.1 Å². The van der Waals surface area contributed by atoms with Crippen molar-refractivity contribution in [2.45, 2.75) is 0 Å². The van der Waals surface area contributed by atoms with Gasteiger partial charge in [0.1, 0.15) is 0 Å². The van der Waals surface area contributed by atoms with Gasteiger partial charge in [0.25, 0.3) is 11.1 Å². The molecule has 0 saturated carbocycles. The minimum Gasteiger partial charge on any atom is -0.478 e. The molecule has 0 bridgehead atoms. The van der Waals surface area contributed by atoms with Gasteiger partial charge < -0.3 is 5.11 Å². The first-order valence-electron chi connectivity index (χ1n) is 6.93. The zero-order valence-corrected chi connectivity index (χ0v) is 12.8. The largest absolute Gasteiger partial charge is 0.478 e. The van der Waals surface area contributed by atoms with E-state index in [4.69, 9.17) is 5.11 Å². The predicted octanol–water partition coefficient (Wildman–Crippen LogP) is 1.99. The standard InChI is InChI=1S/C16H9N3O4S/c20-13-9-6-5-8(15(22)23)7-10(9)14(21)19(18-13)16-17-11-3-1-2-4-12(11)24-16/h1-7H,(H,18,20)(H,22,23). The molecule has 0 amide bonds. The molecule has 0 saturated heterocycles. The van der Waals surface area contributed by atoms with E-state index >= 15 is 0 Å². The first kappa shape index (κ1) is 14.3. The number of nitrogens with one attached hydrogen (secondary N) is 1. The molecule has 0 atom stereocenters. The van der Waals surface area contributed by atoms with Crippen molar-refractivity contribution in [3.8, 4) is 5.13 Å². The summed E-state index contributed by atoms with van der Waals surface area (Å²) < 4.78 is 1.93. The summed E-state index contributed by atoms with van der Waals surface area (Å²) in [5, 5.41) is 12.1. The van der Waals surface area contributed by atoms with Crippen molar-refractivity contribution in [3.05, 3.63) is 68.7 Å². The van der Waals surface area contributed by atoms with Crippen molar-refractivity contribution < 1.29 is 9.90 Å². The van der Waals surface area contributed by atoms with Gasteiger partial charge in [0.05, 0.1) is 26.6 Å². The van der Waals surface area contributed by atoms with E-state index in [9.17, 15) is 14.4 Å². The third-order valence-corrected chi connectivity index (χ3v) is 4.65. The molecule has 8 heteroatoms. The van der Waals surface area contributed by atoms with Gasteiger partial charge >= 0.3 is 5.97 Å². The third kappa shape index (κ3) is 2.12. The van der Waals surface area contributed by atoms with Gasteiger partial charge in [-0.15, -0.1) is 0 Å². The van der Waals surface area contributed by atoms with Crippen molar-refractivity contribution in [3.63, 3.8) is 0 Å². The molecule has 2 N–H and O–H groups in total. The lowest BCUT2D eigenvalue weighted by molar-refractivity contribution is 0.0697. The summed E-state index contributed by atoms with van der Waals surface area (Å²) in [6, 6.07) is 11.2. The Balaban J connectivity index is 2.05. The second kappa shape index (κ2) is 5.14. The minimum atomic E-state index is -1.16. The van der Waals surface area contributed by atoms with Crippen LogP contribution < -0.4 is 11.1 Å². The van der Waals surface area contributed by atoms with Gasteiger partial charge in [0.2, 0.25) is 5.13 Å². The molecule has 2 aromatic carbocycles. The summed E-state index contributed by atoms with van der Waals surface area (Å²) in [6.07, 6.45) is 0. The number of nitrogens with zero attached hydrogens (tertiary/aromatic N) is 2. The van der Waals surface area contributed by atoms with Crippen molar-refractivity contribution in [2.24, 2.45) is 0 Å². The topological polar surface area (TPSA) is 105 Å². The molecule has 2 heterocycles. The quantitative estimate of drug-likeness (QED) is 0.581. The Morgan fingerprint density at radius 3 is 2.67 bits per heavy atom. The summed E-state index contributed by atoms with van der Waals surface area (Å²) in [5.41, 5.74) is -0.349. The number of aromatic carboxylic acids is 1. The summed E-state index contributed by atoms with van der Waals surface area (Å²) in [6.45, 7) is 0. The van der Waals surface area contributed by atoms with Crippen molar-refractivity contribution in [2.75, 3.05) is 0 Å². The van der Waals surface area contributed by atoms with Gasteiger partial charge in [-0.3, -0.25) is 14.7 Å². The average Bonchev–Trinajstić information content (AvgIpc) is 3.01. The van der Waals surface area contributed by atoms with E-state index in [1.165, 1.54) is 29.5 Å². The molecule has 4 aromatic rings. The molecule has 0 fully saturated rings. The third-order valence-electron chi connectivity index (χ3n) is 3.63. The van der Waals surface area contributed by atoms with Crippen LogP contribution >= 0.6 is 11.3 Å². The summed E-state index contributed by atoms with van der Waals surface area (Å²) >= 11 is 1.26. The maximum Gasteiger partial charge on any atom is 0.335 e. The number of benzene rings is 2. The van der Waals surface area contributed by atoms with Crippen LogP contribution in [0.1, 0.15) is 10.4 Å². The van der Waals surface area contributed by atoms with E-state index < -0.39 is 17.1 Å². The van der Waals surface area contributed by atoms with Crippen LogP contribution in [0.5, 0.6) is 0 Å². The fraction of sp³-hybridized carbons (Fsp3) is 0. The Hall–Kier alpha value is -3.26. The van der Waals surface area contributed by atoms with Crippen LogP contribution in [-0.4, -0.2) is 25.8 Å². The first-order chi connectivity index (χ1) is 11.5. The highest BCUT2D eigenvalue weighted by atomic mass is 32.1. The number of para-hydroxylation sites is 1. The Labute approximate surface area is 137 Å². The monoisotopic (exact) mass is 339 g/mol. The highest BCUT2D eigenvalue weighted by Crippen LogP contribution is 2.23. The molecule has 0 aliphatic heterocycles. The minimum absolute atomic E-state index is 0.0397. The normalized spacial score (nSPS) is 11.2. The molecule has 0 aliphatic rings. The summed E-state index contributed by atoms with van der Waals surface area (Å²) in [5.74, 6) is -1.16.